The Morgan fingerprint density at radius 3 is 2.34 bits per heavy atom. The molecule has 2 aliphatic heterocycles. The van der Waals surface area contributed by atoms with Gasteiger partial charge in [-0.15, -0.1) is 11.8 Å². The molecule has 2 bridgehead atoms. The van der Waals surface area contributed by atoms with Crippen LogP contribution in [0.5, 0.6) is 0 Å². The van der Waals surface area contributed by atoms with Crippen molar-refractivity contribution in [2.24, 2.45) is 34.7 Å². The van der Waals surface area contributed by atoms with E-state index >= 15 is 0 Å². The number of likely N-dealkylation sites (tertiary alicyclic amines) is 1. The standard InChI is InChI=1S/C27H23FN4O6S3/c28-12-3-1-11(2-4-12)18-19-15-9-16(22(19)39-24-23(18)40-27(36)31-24)21-20(15)25(34)32(26(21)35)10-17(33)30-13-5-7-14(8-6-13)41(29,37)38/h1-8,15-16,18-22H,9-10H2,(H,30,33)(H,31,36)(H2,29,37,38)/t15?,16?,18-,19?,20?,21?,22?/m1/s1. The zero-order valence-electron chi connectivity index (χ0n) is 21.2. The van der Waals surface area contributed by atoms with Gasteiger partial charge in [0.05, 0.1) is 21.8 Å². The number of nitrogens with zero attached hydrogens (tertiary/aromatic N) is 1. The van der Waals surface area contributed by atoms with Gasteiger partial charge in [-0.3, -0.25) is 24.1 Å². The smallest absolute Gasteiger partial charge is 0.305 e. The van der Waals surface area contributed by atoms with Gasteiger partial charge in [-0.25, -0.2) is 17.9 Å². The van der Waals surface area contributed by atoms with E-state index in [2.05, 4.69) is 10.3 Å². The number of hydrogen-bond donors (Lipinski definition) is 3. The zero-order valence-corrected chi connectivity index (χ0v) is 23.6. The number of fused-ring (bicyclic) bond motifs is 9. The highest BCUT2D eigenvalue weighted by molar-refractivity contribution is 8.00. The molecule has 0 radical (unpaired) electrons. The van der Waals surface area contributed by atoms with Crippen molar-refractivity contribution in [1.82, 2.24) is 9.88 Å². The van der Waals surface area contributed by atoms with Crippen molar-refractivity contribution in [2.45, 2.75) is 27.5 Å². The average Bonchev–Trinajstić information content (AvgIpc) is 3.65. The number of H-pyrrole nitrogens is 1. The summed E-state index contributed by atoms with van der Waals surface area (Å²) in [5.41, 5.74) is 1.16. The van der Waals surface area contributed by atoms with Crippen molar-refractivity contribution < 1.29 is 27.2 Å². The number of thiazole rings is 1. The summed E-state index contributed by atoms with van der Waals surface area (Å²) in [6.07, 6.45) is 0.697. The van der Waals surface area contributed by atoms with Crippen LogP contribution >= 0.6 is 23.1 Å². The van der Waals surface area contributed by atoms with Crippen LogP contribution in [0.4, 0.5) is 10.1 Å². The van der Waals surface area contributed by atoms with E-state index in [1.807, 2.05) is 0 Å². The lowest BCUT2D eigenvalue weighted by Gasteiger charge is -2.43. The molecule has 4 N–H and O–H groups in total. The van der Waals surface area contributed by atoms with Gasteiger partial charge in [0.15, 0.2) is 0 Å². The number of halogens is 1. The molecule has 14 heteroatoms. The minimum atomic E-state index is -3.89. The molecule has 212 valence electrons. The molecule has 3 fully saturated rings. The van der Waals surface area contributed by atoms with Gasteiger partial charge in [0, 0.05) is 21.7 Å². The molecular formula is C27H23FN4O6S3. The molecule has 2 aromatic carbocycles. The number of nitrogens with one attached hydrogen (secondary N) is 2. The Morgan fingerprint density at radius 2 is 1.68 bits per heavy atom. The second-order valence-corrected chi connectivity index (χ2v) is 14.7. The molecule has 2 saturated carbocycles. The minimum Gasteiger partial charge on any atom is -0.325 e. The topological polar surface area (TPSA) is 159 Å². The second-order valence-electron chi connectivity index (χ2n) is 10.9. The first-order chi connectivity index (χ1) is 19.5. The Balaban J connectivity index is 1.14. The molecule has 7 rings (SSSR count). The number of nitrogens with two attached hydrogens (primary N) is 1. The van der Waals surface area contributed by atoms with E-state index in [4.69, 9.17) is 5.14 Å². The summed E-state index contributed by atoms with van der Waals surface area (Å²) in [6, 6.07) is 11.5. The summed E-state index contributed by atoms with van der Waals surface area (Å²) in [6.45, 7) is -0.453. The van der Waals surface area contributed by atoms with Gasteiger partial charge in [0.25, 0.3) is 0 Å². The van der Waals surface area contributed by atoms with Gasteiger partial charge in [-0.2, -0.15) is 0 Å². The second kappa shape index (κ2) is 9.34. The predicted octanol–water partition coefficient (Wildman–Crippen LogP) is 2.33. The molecule has 6 unspecified atom stereocenters. The summed E-state index contributed by atoms with van der Waals surface area (Å²) in [5.74, 6) is -3.25. The monoisotopic (exact) mass is 614 g/mol. The van der Waals surface area contributed by atoms with E-state index in [0.717, 1.165) is 31.7 Å². The van der Waals surface area contributed by atoms with Gasteiger partial charge in [-0.1, -0.05) is 23.5 Å². The molecule has 7 atom stereocenters. The summed E-state index contributed by atoms with van der Waals surface area (Å²) in [4.78, 5) is 57.0. The number of carbonyl (C=O) groups is 3. The van der Waals surface area contributed by atoms with Crippen LogP contribution in [0.25, 0.3) is 0 Å². The Hall–Kier alpha value is -3.33. The van der Waals surface area contributed by atoms with Gasteiger partial charge in [0.2, 0.25) is 27.7 Å². The zero-order chi connectivity index (χ0) is 28.8. The van der Waals surface area contributed by atoms with Gasteiger partial charge >= 0.3 is 4.87 Å². The molecule has 2 aliphatic carbocycles. The summed E-state index contributed by atoms with van der Waals surface area (Å²) in [5, 5.41) is 8.46. The van der Waals surface area contributed by atoms with Crippen molar-refractivity contribution in [1.29, 1.82) is 0 Å². The maximum Gasteiger partial charge on any atom is 0.305 e. The lowest BCUT2D eigenvalue weighted by molar-refractivity contribution is -0.143. The lowest BCUT2D eigenvalue weighted by atomic mass is 9.68. The first-order valence-corrected chi connectivity index (χ1v) is 16.2. The number of aromatic nitrogens is 1. The van der Waals surface area contributed by atoms with Gasteiger partial charge < -0.3 is 10.3 Å². The summed E-state index contributed by atoms with van der Waals surface area (Å²) in [7, 11) is -3.89. The Labute approximate surface area is 241 Å². The quantitative estimate of drug-likeness (QED) is 0.372. The Morgan fingerprint density at radius 1 is 1.02 bits per heavy atom. The number of primary sulfonamides is 1. The molecule has 3 amide bonds. The van der Waals surface area contributed by atoms with Gasteiger partial charge in [0.1, 0.15) is 12.4 Å². The van der Waals surface area contributed by atoms with Crippen LogP contribution in [0.2, 0.25) is 0 Å². The first kappa shape index (κ1) is 26.6. The number of rotatable bonds is 5. The fourth-order valence-electron chi connectivity index (χ4n) is 7.35. The summed E-state index contributed by atoms with van der Waals surface area (Å²) < 4.78 is 36.7. The Kier molecular flexibility index (Phi) is 6.05. The van der Waals surface area contributed by atoms with Crippen molar-refractivity contribution in [2.75, 3.05) is 11.9 Å². The fraction of sp³-hybridized carbons (Fsp3) is 0.333. The van der Waals surface area contributed by atoms with E-state index in [9.17, 15) is 32.0 Å². The van der Waals surface area contributed by atoms with Crippen LogP contribution < -0.4 is 15.3 Å². The third-order valence-corrected chi connectivity index (χ3v) is 12.3. The highest BCUT2D eigenvalue weighted by Gasteiger charge is 2.69. The van der Waals surface area contributed by atoms with Crippen LogP contribution in [-0.4, -0.2) is 47.8 Å². The van der Waals surface area contributed by atoms with E-state index < -0.39 is 34.3 Å². The van der Waals surface area contributed by atoms with Crippen LogP contribution in [0.15, 0.2) is 63.2 Å². The number of amides is 3. The predicted molar refractivity (Wildman–Crippen MR) is 148 cm³/mol. The van der Waals surface area contributed by atoms with Crippen LogP contribution in [-0.2, 0) is 24.4 Å². The fourth-order valence-corrected chi connectivity index (χ4v) is 10.8. The number of thioether (sulfide) groups is 1. The number of benzene rings is 2. The molecule has 10 nitrogen and oxygen atoms in total. The van der Waals surface area contributed by atoms with E-state index in [1.165, 1.54) is 36.4 Å². The third kappa shape index (κ3) is 4.18. The van der Waals surface area contributed by atoms with E-state index in [-0.39, 0.29) is 56.3 Å². The van der Waals surface area contributed by atoms with E-state index in [1.54, 1.807) is 23.9 Å². The maximum atomic E-state index is 13.8. The number of aromatic amines is 1. The van der Waals surface area contributed by atoms with Crippen LogP contribution in [0.1, 0.15) is 22.8 Å². The number of carbonyl (C=O) groups excluding carboxylic acids is 3. The van der Waals surface area contributed by atoms with Crippen molar-refractivity contribution in [3.63, 3.8) is 0 Å². The number of hydrogen-bond acceptors (Lipinski definition) is 8. The highest BCUT2D eigenvalue weighted by atomic mass is 32.2. The molecule has 4 aliphatic rings. The SMILES string of the molecule is NS(=O)(=O)c1ccc(NC(=O)CN2C(=O)C3C4CC(C3C2=O)C2C4Sc3[nH]c(=O)sc3[C@@H]2c2ccc(F)cc2)cc1. The minimum absolute atomic E-state index is 0.0167. The van der Waals surface area contributed by atoms with Gasteiger partial charge in [-0.05, 0) is 66.1 Å². The van der Waals surface area contributed by atoms with E-state index in [0.29, 0.717) is 12.1 Å². The number of imide groups is 1. The molecule has 1 saturated heterocycles. The molecule has 1 aromatic heterocycles. The van der Waals surface area contributed by atoms with Crippen LogP contribution in [0.3, 0.4) is 0 Å². The van der Waals surface area contributed by atoms with Crippen LogP contribution in [0, 0.1) is 35.4 Å². The normalized spacial score (nSPS) is 29.8. The highest BCUT2D eigenvalue weighted by Crippen LogP contribution is 2.68. The largest absolute Gasteiger partial charge is 0.325 e. The maximum absolute atomic E-state index is 13.8. The summed E-state index contributed by atoms with van der Waals surface area (Å²) >= 11 is 2.68. The molecule has 3 heterocycles. The average molecular weight is 615 g/mol. The third-order valence-electron chi connectivity index (χ3n) is 8.81. The lowest BCUT2D eigenvalue weighted by Crippen LogP contribution is -2.42. The number of sulfonamides is 1. The first-order valence-electron chi connectivity index (χ1n) is 12.9. The van der Waals surface area contributed by atoms with Crippen molar-refractivity contribution in [3.8, 4) is 0 Å². The molecule has 0 spiro atoms. The van der Waals surface area contributed by atoms with Crippen molar-refractivity contribution in [3.05, 3.63) is 74.5 Å². The number of anilines is 1. The Bertz CT molecular complexity index is 1770. The molecule has 41 heavy (non-hydrogen) atoms. The molecular weight excluding hydrogens is 592 g/mol. The molecule has 3 aromatic rings. The van der Waals surface area contributed by atoms with Crippen molar-refractivity contribution >= 4 is 56.5 Å².